The molecule has 8 heteroatoms. The first-order valence-electron chi connectivity index (χ1n) is 7.37. The van der Waals surface area contributed by atoms with Crippen molar-refractivity contribution in [3.63, 3.8) is 0 Å². The van der Waals surface area contributed by atoms with Gasteiger partial charge in [0, 0.05) is 17.7 Å². The first-order valence-corrected chi connectivity index (χ1v) is 8.16. The Morgan fingerprint density at radius 1 is 1.43 bits per heavy atom. The second-order valence-electron chi connectivity index (χ2n) is 5.62. The van der Waals surface area contributed by atoms with Gasteiger partial charge in [-0.25, -0.2) is 9.67 Å². The van der Waals surface area contributed by atoms with E-state index < -0.39 is 5.54 Å². The summed E-state index contributed by atoms with van der Waals surface area (Å²) in [6.07, 6.45) is 2.58. The monoisotopic (exact) mass is 379 g/mol. The highest BCUT2D eigenvalue weighted by molar-refractivity contribution is 9.10. The Balaban J connectivity index is 1.64. The minimum Gasteiger partial charge on any atom is -0.381 e. The van der Waals surface area contributed by atoms with Crippen molar-refractivity contribution in [3.05, 3.63) is 40.6 Å². The van der Waals surface area contributed by atoms with Crippen molar-refractivity contribution in [2.75, 3.05) is 18.5 Å². The van der Waals surface area contributed by atoms with Crippen LogP contribution >= 0.6 is 15.9 Å². The van der Waals surface area contributed by atoms with E-state index in [9.17, 15) is 4.79 Å². The molecule has 1 saturated heterocycles. The maximum atomic E-state index is 12.3. The van der Waals surface area contributed by atoms with Crippen LogP contribution in [0.4, 0.5) is 5.95 Å². The SMILES string of the molecule is NC1(C(=O)Nc2ncn(Cc3cccc(Br)c3)n2)CCOCC1. The minimum atomic E-state index is -0.909. The number of nitrogens with zero attached hydrogens (tertiary/aromatic N) is 3. The fraction of sp³-hybridized carbons (Fsp3) is 0.400. The van der Waals surface area contributed by atoms with E-state index in [0.29, 0.717) is 32.6 Å². The molecule has 23 heavy (non-hydrogen) atoms. The Kier molecular flexibility index (Phi) is 4.74. The van der Waals surface area contributed by atoms with Crippen molar-refractivity contribution in [1.29, 1.82) is 0 Å². The Hall–Kier alpha value is -1.77. The lowest BCUT2D eigenvalue weighted by Gasteiger charge is -2.31. The third-order valence-corrected chi connectivity index (χ3v) is 4.33. The van der Waals surface area contributed by atoms with Gasteiger partial charge in [0.1, 0.15) is 11.9 Å². The highest BCUT2D eigenvalue weighted by atomic mass is 79.9. The van der Waals surface area contributed by atoms with Crippen molar-refractivity contribution >= 4 is 27.8 Å². The first kappa shape index (κ1) is 16.1. The molecule has 1 aromatic heterocycles. The van der Waals surface area contributed by atoms with Gasteiger partial charge in [-0.3, -0.25) is 10.1 Å². The van der Waals surface area contributed by atoms with Crippen molar-refractivity contribution in [1.82, 2.24) is 14.8 Å². The van der Waals surface area contributed by atoms with E-state index in [-0.39, 0.29) is 11.9 Å². The van der Waals surface area contributed by atoms with Gasteiger partial charge in [0.15, 0.2) is 0 Å². The Morgan fingerprint density at radius 3 is 2.96 bits per heavy atom. The molecule has 1 aromatic carbocycles. The van der Waals surface area contributed by atoms with E-state index >= 15 is 0 Å². The van der Waals surface area contributed by atoms with Crippen LogP contribution in [0.25, 0.3) is 0 Å². The van der Waals surface area contributed by atoms with E-state index in [1.807, 2.05) is 24.3 Å². The van der Waals surface area contributed by atoms with Crippen LogP contribution in [0.3, 0.4) is 0 Å². The molecule has 2 heterocycles. The highest BCUT2D eigenvalue weighted by Crippen LogP contribution is 2.19. The van der Waals surface area contributed by atoms with Crippen LogP contribution in [0.2, 0.25) is 0 Å². The second-order valence-corrected chi connectivity index (χ2v) is 6.53. The van der Waals surface area contributed by atoms with Gasteiger partial charge < -0.3 is 10.5 Å². The summed E-state index contributed by atoms with van der Waals surface area (Å²) in [6, 6.07) is 7.94. The summed E-state index contributed by atoms with van der Waals surface area (Å²) in [4.78, 5) is 16.4. The lowest BCUT2D eigenvalue weighted by Crippen LogP contribution is -2.54. The van der Waals surface area contributed by atoms with Gasteiger partial charge in [0.05, 0.1) is 6.54 Å². The largest absolute Gasteiger partial charge is 0.381 e. The fourth-order valence-corrected chi connectivity index (χ4v) is 2.89. The van der Waals surface area contributed by atoms with E-state index in [1.54, 1.807) is 11.0 Å². The van der Waals surface area contributed by atoms with Crippen LogP contribution in [0.1, 0.15) is 18.4 Å². The first-order chi connectivity index (χ1) is 11.0. The molecule has 0 radical (unpaired) electrons. The lowest BCUT2D eigenvalue weighted by atomic mass is 9.90. The molecule has 0 spiro atoms. The molecule has 3 rings (SSSR count). The third kappa shape index (κ3) is 3.95. The smallest absolute Gasteiger partial charge is 0.248 e. The molecule has 0 aliphatic carbocycles. The zero-order valence-corrected chi connectivity index (χ0v) is 14.1. The van der Waals surface area contributed by atoms with E-state index in [0.717, 1.165) is 10.0 Å². The highest BCUT2D eigenvalue weighted by Gasteiger charge is 2.36. The molecular formula is C15H18BrN5O2. The van der Waals surface area contributed by atoms with Gasteiger partial charge in [0.2, 0.25) is 11.9 Å². The quantitative estimate of drug-likeness (QED) is 0.839. The van der Waals surface area contributed by atoms with E-state index in [4.69, 9.17) is 10.5 Å². The van der Waals surface area contributed by atoms with Gasteiger partial charge >= 0.3 is 0 Å². The summed E-state index contributed by atoms with van der Waals surface area (Å²) >= 11 is 3.44. The summed E-state index contributed by atoms with van der Waals surface area (Å²) in [7, 11) is 0. The fourth-order valence-electron chi connectivity index (χ4n) is 2.44. The number of aromatic nitrogens is 3. The van der Waals surface area contributed by atoms with Crippen LogP contribution in [0, 0.1) is 0 Å². The predicted octanol–water partition coefficient (Wildman–Crippen LogP) is 1.54. The van der Waals surface area contributed by atoms with Crippen LogP contribution in [0.15, 0.2) is 35.1 Å². The molecular weight excluding hydrogens is 362 g/mol. The van der Waals surface area contributed by atoms with Crippen molar-refractivity contribution in [2.45, 2.75) is 24.9 Å². The predicted molar refractivity (Wildman–Crippen MR) is 88.9 cm³/mol. The molecule has 122 valence electrons. The molecule has 0 saturated carbocycles. The molecule has 7 nitrogen and oxygen atoms in total. The zero-order valence-electron chi connectivity index (χ0n) is 12.5. The summed E-state index contributed by atoms with van der Waals surface area (Å²) < 4.78 is 7.93. The standard InChI is InChI=1S/C15H18BrN5O2/c16-12-3-1-2-11(8-12)9-21-10-18-14(20-21)19-13(22)15(17)4-6-23-7-5-15/h1-3,8,10H,4-7,9,17H2,(H,19,20,22). The Morgan fingerprint density at radius 2 is 2.22 bits per heavy atom. The number of anilines is 1. The lowest BCUT2D eigenvalue weighted by molar-refractivity contribution is -0.124. The molecule has 1 fully saturated rings. The van der Waals surface area contributed by atoms with Gasteiger partial charge in [0.25, 0.3) is 0 Å². The Labute approximate surface area is 142 Å². The van der Waals surface area contributed by atoms with Gasteiger partial charge in [-0.05, 0) is 30.5 Å². The van der Waals surface area contributed by atoms with E-state index in [2.05, 4.69) is 31.3 Å². The summed E-state index contributed by atoms with van der Waals surface area (Å²) in [5.41, 5.74) is 6.31. The molecule has 2 aromatic rings. The topological polar surface area (TPSA) is 95.1 Å². The summed E-state index contributed by atoms with van der Waals surface area (Å²) in [6.45, 7) is 1.56. The molecule has 0 atom stereocenters. The van der Waals surface area contributed by atoms with Crippen molar-refractivity contribution in [2.24, 2.45) is 5.73 Å². The van der Waals surface area contributed by atoms with Gasteiger partial charge in [-0.15, -0.1) is 5.10 Å². The van der Waals surface area contributed by atoms with Gasteiger partial charge in [-0.1, -0.05) is 28.1 Å². The number of carbonyl (C=O) groups is 1. The average Bonchev–Trinajstić information content (AvgIpc) is 2.95. The molecule has 1 amide bonds. The molecule has 3 N–H and O–H groups in total. The summed E-state index contributed by atoms with van der Waals surface area (Å²) in [5.74, 6) is 0.00215. The Bertz CT molecular complexity index is 697. The number of hydrogen-bond donors (Lipinski definition) is 2. The normalized spacial score (nSPS) is 17.0. The van der Waals surface area contributed by atoms with Crippen molar-refractivity contribution in [3.8, 4) is 0 Å². The number of carbonyl (C=O) groups excluding carboxylic acids is 1. The number of hydrogen-bond acceptors (Lipinski definition) is 5. The number of rotatable bonds is 4. The maximum Gasteiger partial charge on any atom is 0.248 e. The van der Waals surface area contributed by atoms with Crippen molar-refractivity contribution < 1.29 is 9.53 Å². The van der Waals surface area contributed by atoms with Gasteiger partial charge in [-0.2, -0.15) is 0 Å². The molecule has 1 aliphatic heterocycles. The average molecular weight is 380 g/mol. The van der Waals surface area contributed by atoms with Crippen LogP contribution in [-0.2, 0) is 16.1 Å². The van der Waals surface area contributed by atoms with Crippen LogP contribution < -0.4 is 11.1 Å². The van der Waals surface area contributed by atoms with E-state index in [1.165, 1.54) is 0 Å². The zero-order chi connectivity index (χ0) is 16.3. The number of benzene rings is 1. The van der Waals surface area contributed by atoms with Crippen LogP contribution in [-0.4, -0.2) is 39.4 Å². The number of nitrogens with two attached hydrogens (primary N) is 1. The maximum absolute atomic E-state index is 12.3. The minimum absolute atomic E-state index is 0.263. The molecule has 1 aliphatic rings. The number of ether oxygens (including phenoxy) is 1. The van der Waals surface area contributed by atoms with Crippen LogP contribution in [0.5, 0.6) is 0 Å². The second kappa shape index (κ2) is 6.77. The number of nitrogens with one attached hydrogen (secondary N) is 1. The third-order valence-electron chi connectivity index (χ3n) is 3.83. The molecule has 0 unspecified atom stereocenters. The summed E-state index contributed by atoms with van der Waals surface area (Å²) in [5, 5.41) is 6.97. The number of amides is 1. The molecule has 0 bridgehead atoms. The number of halogens is 1.